The molecular formula is C28H23N3O4S. The van der Waals surface area contributed by atoms with Crippen LogP contribution in [-0.4, -0.2) is 28.4 Å². The number of ketones is 1. The number of aliphatic hydroxyl groups is 1. The summed E-state index contributed by atoms with van der Waals surface area (Å²) in [6.45, 7) is 1.42. The van der Waals surface area contributed by atoms with Gasteiger partial charge in [-0.05, 0) is 61.2 Å². The minimum atomic E-state index is -0.497. The predicted molar refractivity (Wildman–Crippen MR) is 138 cm³/mol. The van der Waals surface area contributed by atoms with Crippen molar-refractivity contribution in [3.63, 3.8) is 0 Å². The molecule has 0 unspecified atom stereocenters. The fraction of sp³-hybridized carbons (Fsp3) is 0.214. The highest BCUT2D eigenvalue weighted by Gasteiger charge is 2.45. The lowest BCUT2D eigenvalue weighted by Gasteiger charge is -2.13. The van der Waals surface area contributed by atoms with E-state index in [1.165, 1.54) is 11.3 Å². The molecule has 1 aromatic heterocycles. The maximum Gasteiger partial charge on any atom is 0.255 e. The fourth-order valence-electron chi connectivity index (χ4n) is 3.98. The van der Waals surface area contributed by atoms with E-state index in [4.69, 9.17) is 9.84 Å². The summed E-state index contributed by atoms with van der Waals surface area (Å²) in [6.07, 6.45) is 1.75. The number of benzene rings is 3. The minimum Gasteiger partial charge on any atom is -0.457 e. The molecule has 5 rings (SSSR count). The number of anilines is 1. The number of aliphatic hydroxyl groups excluding tert-OH is 1. The number of hydrogen-bond acceptors (Lipinski definition) is 7. The van der Waals surface area contributed by atoms with Gasteiger partial charge in [-0.3, -0.25) is 9.59 Å². The lowest BCUT2D eigenvalue weighted by atomic mass is 9.96. The lowest BCUT2D eigenvalue weighted by molar-refractivity contribution is -0.121. The van der Waals surface area contributed by atoms with Crippen LogP contribution in [0.1, 0.15) is 39.3 Å². The van der Waals surface area contributed by atoms with Gasteiger partial charge in [-0.2, -0.15) is 5.26 Å². The number of carbonyl (C=O) groups excluding carboxylic acids is 2. The molecule has 1 saturated carbocycles. The molecule has 2 N–H and O–H groups in total. The van der Waals surface area contributed by atoms with Crippen LogP contribution in [0.3, 0.4) is 0 Å². The zero-order valence-electron chi connectivity index (χ0n) is 19.6. The van der Waals surface area contributed by atoms with E-state index in [0.29, 0.717) is 27.8 Å². The van der Waals surface area contributed by atoms with Gasteiger partial charge in [0.1, 0.15) is 23.1 Å². The number of hydrogen-bond donors (Lipinski definition) is 2. The predicted octanol–water partition coefficient (Wildman–Crippen LogP) is 5.31. The van der Waals surface area contributed by atoms with Gasteiger partial charge in [0.05, 0.1) is 28.1 Å². The van der Waals surface area contributed by atoms with Crippen LogP contribution >= 0.6 is 11.3 Å². The summed E-state index contributed by atoms with van der Waals surface area (Å²) in [6, 6.07) is 20.6. The molecule has 0 aliphatic heterocycles. The molecule has 0 saturated heterocycles. The first-order valence-electron chi connectivity index (χ1n) is 11.5. The Morgan fingerprint density at radius 1 is 1.17 bits per heavy atom. The normalized spacial score (nSPS) is 13.7. The van der Waals surface area contributed by atoms with E-state index < -0.39 is 12.0 Å². The summed E-state index contributed by atoms with van der Waals surface area (Å²) in [4.78, 5) is 28.9. The van der Waals surface area contributed by atoms with Gasteiger partial charge in [-0.25, -0.2) is 4.98 Å². The van der Waals surface area contributed by atoms with Crippen LogP contribution in [0.2, 0.25) is 0 Å². The van der Waals surface area contributed by atoms with Crippen LogP contribution in [0.4, 0.5) is 5.69 Å². The Morgan fingerprint density at radius 3 is 2.75 bits per heavy atom. The van der Waals surface area contributed by atoms with E-state index in [2.05, 4.69) is 16.4 Å². The number of ether oxygens (including phenoxy) is 1. The molecule has 8 heteroatoms. The van der Waals surface area contributed by atoms with Gasteiger partial charge in [0.2, 0.25) is 0 Å². The number of aromatic nitrogens is 1. The van der Waals surface area contributed by atoms with Crippen molar-refractivity contribution >= 4 is 38.9 Å². The van der Waals surface area contributed by atoms with Crippen molar-refractivity contribution in [2.75, 3.05) is 11.9 Å². The summed E-state index contributed by atoms with van der Waals surface area (Å²) >= 11 is 1.39. The van der Waals surface area contributed by atoms with Crippen LogP contribution in [0, 0.1) is 18.3 Å². The molecule has 36 heavy (non-hydrogen) atoms. The monoisotopic (exact) mass is 497 g/mol. The number of fused-ring (bicyclic) bond motifs is 1. The molecule has 3 aromatic carbocycles. The van der Waals surface area contributed by atoms with Crippen LogP contribution in [-0.2, 0) is 16.6 Å². The van der Waals surface area contributed by atoms with E-state index in [1.807, 2.05) is 43.3 Å². The molecule has 1 heterocycles. The smallest absolute Gasteiger partial charge is 0.255 e. The maximum absolute atomic E-state index is 12.9. The molecule has 1 aliphatic rings. The zero-order valence-corrected chi connectivity index (χ0v) is 20.4. The first kappa shape index (κ1) is 23.7. The second kappa shape index (κ2) is 9.53. The van der Waals surface area contributed by atoms with Crippen molar-refractivity contribution in [2.45, 2.75) is 31.6 Å². The molecule has 1 amide bonds. The highest BCUT2D eigenvalue weighted by molar-refractivity contribution is 7.18. The standard InChI is InChI=1S/C28H23N3O4S/c1-17-5-6-20(30-27(34)18-3-2-4-19(11-18)28(16-29)9-10-28)12-24(17)35-22-7-8-23-25(14-22)36-26(31-23)13-21(33)15-32/h2-8,11-12,14,32H,9-10,13,15H2,1H3,(H,30,34). The molecule has 0 bridgehead atoms. The summed E-state index contributed by atoms with van der Waals surface area (Å²) in [5.41, 5.74) is 3.19. The molecule has 0 atom stereocenters. The highest BCUT2D eigenvalue weighted by Crippen LogP contribution is 2.47. The summed E-state index contributed by atoms with van der Waals surface area (Å²) in [5, 5.41) is 22.0. The van der Waals surface area contributed by atoms with Crippen LogP contribution in [0.15, 0.2) is 60.7 Å². The Hall–Kier alpha value is -4.06. The minimum absolute atomic E-state index is 0.104. The quantitative estimate of drug-likeness (QED) is 0.341. The molecular weight excluding hydrogens is 474 g/mol. The van der Waals surface area contributed by atoms with Crippen molar-refractivity contribution in [1.82, 2.24) is 4.98 Å². The number of nitrogens with zero attached hydrogens (tertiary/aromatic N) is 2. The molecule has 0 spiro atoms. The number of Topliss-reactive ketones (excluding diaryl/α,β-unsaturated/α-hetero) is 1. The number of carbonyl (C=O) groups is 2. The van der Waals surface area contributed by atoms with Gasteiger partial charge in [0, 0.05) is 23.4 Å². The van der Waals surface area contributed by atoms with Crippen LogP contribution < -0.4 is 10.1 Å². The molecule has 4 aromatic rings. The Balaban J connectivity index is 1.33. The summed E-state index contributed by atoms with van der Waals surface area (Å²) in [7, 11) is 0. The van der Waals surface area contributed by atoms with Crippen molar-refractivity contribution in [2.24, 2.45) is 0 Å². The van der Waals surface area contributed by atoms with Gasteiger partial charge < -0.3 is 15.2 Å². The molecule has 180 valence electrons. The second-order valence-electron chi connectivity index (χ2n) is 8.92. The Labute approximate surface area is 212 Å². The maximum atomic E-state index is 12.9. The molecule has 1 aliphatic carbocycles. The molecule has 0 radical (unpaired) electrons. The van der Waals surface area contributed by atoms with Crippen molar-refractivity contribution < 1.29 is 19.4 Å². The van der Waals surface area contributed by atoms with Gasteiger partial charge in [-0.1, -0.05) is 18.2 Å². The zero-order chi connectivity index (χ0) is 25.3. The summed E-state index contributed by atoms with van der Waals surface area (Å²) in [5.74, 6) is 0.680. The third-order valence-electron chi connectivity index (χ3n) is 6.24. The SMILES string of the molecule is Cc1ccc(NC(=O)c2cccc(C3(C#N)CC3)c2)cc1Oc1ccc2nc(CC(=O)CO)sc2c1. The molecule has 1 fully saturated rings. The van der Waals surface area contributed by atoms with Crippen LogP contribution in [0.25, 0.3) is 10.2 Å². The first-order valence-corrected chi connectivity index (χ1v) is 12.3. The van der Waals surface area contributed by atoms with E-state index >= 15 is 0 Å². The van der Waals surface area contributed by atoms with Gasteiger partial charge in [-0.15, -0.1) is 11.3 Å². The van der Waals surface area contributed by atoms with E-state index in [9.17, 15) is 14.9 Å². The number of thiazole rings is 1. The first-order chi connectivity index (χ1) is 17.4. The number of amides is 1. The Bertz CT molecular complexity index is 1530. The van der Waals surface area contributed by atoms with Gasteiger partial charge in [0.25, 0.3) is 5.91 Å². The third kappa shape index (κ3) is 4.85. The van der Waals surface area contributed by atoms with Crippen molar-refractivity contribution in [1.29, 1.82) is 5.26 Å². The Morgan fingerprint density at radius 2 is 2.00 bits per heavy atom. The summed E-state index contributed by atoms with van der Waals surface area (Å²) < 4.78 is 7.00. The topological polar surface area (TPSA) is 112 Å². The number of aryl methyl sites for hydroxylation is 1. The second-order valence-corrected chi connectivity index (χ2v) is 10.0. The van der Waals surface area contributed by atoms with E-state index in [0.717, 1.165) is 34.2 Å². The average Bonchev–Trinajstić information content (AvgIpc) is 3.59. The number of nitriles is 1. The lowest BCUT2D eigenvalue weighted by Crippen LogP contribution is -2.13. The number of nitrogens with one attached hydrogen (secondary N) is 1. The van der Waals surface area contributed by atoms with Crippen molar-refractivity contribution in [3.05, 3.63) is 82.4 Å². The Kier molecular flexibility index (Phi) is 6.27. The van der Waals surface area contributed by atoms with Crippen LogP contribution in [0.5, 0.6) is 11.5 Å². The highest BCUT2D eigenvalue weighted by atomic mass is 32.1. The fourth-order valence-corrected chi connectivity index (χ4v) is 5.01. The molecule has 7 nitrogen and oxygen atoms in total. The van der Waals surface area contributed by atoms with Crippen molar-refractivity contribution in [3.8, 4) is 17.6 Å². The van der Waals surface area contributed by atoms with Gasteiger partial charge >= 0.3 is 0 Å². The van der Waals surface area contributed by atoms with E-state index in [1.54, 1.807) is 24.3 Å². The largest absolute Gasteiger partial charge is 0.457 e. The average molecular weight is 498 g/mol. The van der Waals surface area contributed by atoms with Gasteiger partial charge in [0.15, 0.2) is 5.78 Å². The van der Waals surface area contributed by atoms with E-state index in [-0.39, 0.29) is 18.1 Å². The number of rotatable bonds is 8. The third-order valence-corrected chi connectivity index (χ3v) is 7.26.